The zero-order chi connectivity index (χ0) is 14.7. The van der Waals surface area contributed by atoms with Gasteiger partial charge in [-0.1, -0.05) is 0 Å². The van der Waals surface area contributed by atoms with Gasteiger partial charge in [0.1, 0.15) is 11.2 Å². The molecule has 0 spiro atoms. The summed E-state index contributed by atoms with van der Waals surface area (Å²) in [5, 5.41) is 0. The fourth-order valence-corrected chi connectivity index (χ4v) is 1.40. The molecule has 0 aliphatic carbocycles. The third kappa shape index (κ3) is 4.18. The van der Waals surface area contributed by atoms with Gasteiger partial charge in [0.15, 0.2) is 0 Å². The van der Waals surface area contributed by atoms with Crippen molar-refractivity contribution in [3.05, 3.63) is 23.8 Å². The third-order valence-corrected chi connectivity index (χ3v) is 2.45. The van der Waals surface area contributed by atoms with Crippen LogP contribution in [0.5, 0.6) is 0 Å². The van der Waals surface area contributed by atoms with E-state index in [2.05, 4.69) is 9.97 Å². The van der Waals surface area contributed by atoms with Gasteiger partial charge in [0.25, 0.3) is 0 Å². The van der Waals surface area contributed by atoms with Crippen molar-refractivity contribution in [3.63, 3.8) is 0 Å². The van der Waals surface area contributed by atoms with Crippen LogP contribution in [-0.4, -0.2) is 28.7 Å². The summed E-state index contributed by atoms with van der Waals surface area (Å²) in [5.41, 5.74) is -1.14. The maximum absolute atomic E-state index is 12.2. The highest BCUT2D eigenvalue weighted by Gasteiger charge is 2.35. The zero-order valence-corrected chi connectivity index (χ0v) is 10.9. The minimum Gasteiger partial charge on any atom is -0.465 e. The Kier molecular flexibility index (Phi) is 4.49. The number of esters is 1. The van der Waals surface area contributed by atoms with Crippen LogP contribution in [0.25, 0.3) is 0 Å². The highest BCUT2D eigenvalue weighted by molar-refractivity contribution is 5.80. The van der Waals surface area contributed by atoms with E-state index in [0.29, 0.717) is 0 Å². The molecular weight excluding hydrogens is 261 g/mol. The number of aromatic nitrogens is 2. The molecular formula is C12H15F3N2O2. The van der Waals surface area contributed by atoms with Gasteiger partial charge < -0.3 is 4.74 Å². The predicted molar refractivity (Wildman–Crippen MR) is 61.5 cm³/mol. The first-order valence-electron chi connectivity index (χ1n) is 5.72. The summed E-state index contributed by atoms with van der Waals surface area (Å²) in [5.74, 6) is -0.379. The van der Waals surface area contributed by atoms with E-state index in [1.54, 1.807) is 20.8 Å². The lowest BCUT2D eigenvalue weighted by Gasteiger charge is -2.20. The molecule has 19 heavy (non-hydrogen) atoms. The molecule has 4 nitrogen and oxygen atoms in total. The molecule has 0 saturated heterocycles. The fourth-order valence-electron chi connectivity index (χ4n) is 1.40. The van der Waals surface area contributed by atoms with Crippen LogP contribution in [-0.2, 0) is 21.4 Å². The Morgan fingerprint density at radius 3 is 2.21 bits per heavy atom. The van der Waals surface area contributed by atoms with Gasteiger partial charge in [0.05, 0.1) is 13.0 Å². The molecule has 0 fully saturated rings. The van der Waals surface area contributed by atoms with E-state index in [9.17, 15) is 18.0 Å². The molecule has 7 heteroatoms. The highest BCUT2D eigenvalue weighted by Crippen LogP contribution is 2.23. The average Bonchev–Trinajstić information content (AvgIpc) is 2.27. The fraction of sp³-hybridized carbons (Fsp3) is 0.583. The molecule has 0 radical (unpaired) electrons. The second kappa shape index (κ2) is 5.54. The number of hydrogen-bond donors (Lipinski definition) is 0. The van der Waals surface area contributed by atoms with Gasteiger partial charge in [-0.3, -0.25) is 4.79 Å². The van der Waals surface area contributed by atoms with Crippen LogP contribution in [0.1, 0.15) is 32.2 Å². The maximum atomic E-state index is 12.2. The molecule has 0 aromatic carbocycles. The molecule has 0 N–H and O–H groups in total. The van der Waals surface area contributed by atoms with Crippen molar-refractivity contribution in [1.29, 1.82) is 0 Å². The van der Waals surface area contributed by atoms with Crippen molar-refractivity contribution >= 4 is 5.97 Å². The van der Waals surface area contributed by atoms with E-state index >= 15 is 0 Å². The van der Waals surface area contributed by atoms with Crippen molar-refractivity contribution in [1.82, 2.24) is 9.97 Å². The molecule has 1 aromatic heterocycles. The second-order valence-electron chi connectivity index (χ2n) is 4.55. The summed E-state index contributed by atoms with van der Waals surface area (Å²) in [6.07, 6.45) is -3.23. The molecule has 0 atom stereocenters. The monoisotopic (exact) mass is 276 g/mol. The van der Waals surface area contributed by atoms with E-state index in [1.807, 2.05) is 0 Å². The second-order valence-corrected chi connectivity index (χ2v) is 4.55. The SMILES string of the molecule is CCOC(=O)C(C)(C)c1ncc(CC(F)(F)F)cn1. The summed E-state index contributed by atoms with van der Waals surface area (Å²) < 4.78 is 41.4. The number of carbonyl (C=O) groups is 1. The van der Waals surface area contributed by atoms with Crippen LogP contribution in [0.4, 0.5) is 13.2 Å². The lowest BCUT2D eigenvalue weighted by Crippen LogP contribution is -2.33. The normalized spacial score (nSPS) is 12.3. The smallest absolute Gasteiger partial charge is 0.393 e. The number of halogens is 3. The molecule has 1 aromatic rings. The topological polar surface area (TPSA) is 52.1 Å². The summed E-state index contributed by atoms with van der Waals surface area (Å²) in [7, 11) is 0. The Labute approximate surface area is 109 Å². The van der Waals surface area contributed by atoms with Gasteiger partial charge in [0, 0.05) is 12.4 Å². The van der Waals surface area contributed by atoms with Crippen molar-refractivity contribution < 1.29 is 22.7 Å². The maximum Gasteiger partial charge on any atom is 0.393 e. The Hall–Kier alpha value is -1.66. The highest BCUT2D eigenvalue weighted by atomic mass is 19.4. The Balaban J connectivity index is 2.89. The van der Waals surface area contributed by atoms with Gasteiger partial charge in [-0.05, 0) is 26.3 Å². The van der Waals surface area contributed by atoms with E-state index in [-0.39, 0.29) is 18.0 Å². The molecule has 0 unspecified atom stereocenters. The summed E-state index contributed by atoms with van der Waals surface area (Å²) in [6, 6.07) is 0. The summed E-state index contributed by atoms with van der Waals surface area (Å²) >= 11 is 0. The van der Waals surface area contributed by atoms with Gasteiger partial charge in [-0.15, -0.1) is 0 Å². The molecule has 0 saturated carbocycles. The first-order valence-corrected chi connectivity index (χ1v) is 5.72. The first-order chi connectivity index (χ1) is 8.66. The van der Waals surface area contributed by atoms with Crippen LogP contribution in [0.3, 0.4) is 0 Å². The van der Waals surface area contributed by atoms with Gasteiger partial charge in [-0.2, -0.15) is 13.2 Å². The third-order valence-electron chi connectivity index (χ3n) is 2.45. The van der Waals surface area contributed by atoms with E-state index in [4.69, 9.17) is 4.74 Å². The Bertz CT molecular complexity index is 441. The molecule has 0 aliphatic rings. The predicted octanol–water partition coefficient (Wildman–Crippen LogP) is 2.42. The number of hydrogen-bond acceptors (Lipinski definition) is 4. The lowest BCUT2D eigenvalue weighted by atomic mass is 9.92. The van der Waals surface area contributed by atoms with Crippen molar-refractivity contribution in [2.24, 2.45) is 0 Å². The van der Waals surface area contributed by atoms with Crippen molar-refractivity contribution in [2.75, 3.05) is 6.61 Å². The Morgan fingerprint density at radius 2 is 1.79 bits per heavy atom. The van der Waals surface area contributed by atoms with Gasteiger partial charge >= 0.3 is 12.1 Å². The van der Waals surface area contributed by atoms with Crippen molar-refractivity contribution in [3.8, 4) is 0 Å². The average molecular weight is 276 g/mol. The van der Waals surface area contributed by atoms with Gasteiger partial charge in [-0.25, -0.2) is 9.97 Å². The van der Waals surface area contributed by atoms with Crippen LogP contribution in [0, 0.1) is 0 Å². The zero-order valence-electron chi connectivity index (χ0n) is 10.9. The van der Waals surface area contributed by atoms with E-state index in [1.165, 1.54) is 0 Å². The molecule has 106 valence electrons. The van der Waals surface area contributed by atoms with Crippen LogP contribution < -0.4 is 0 Å². The largest absolute Gasteiger partial charge is 0.465 e. The number of ether oxygens (including phenoxy) is 1. The molecule has 1 heterocycles. The minimum absolute atomic E-state index is 0.0455. The molecule has 0 aliphatic heterocycles. The van der Waals surface area contributed by atoms with E-state index in [0.717, 1.165) is 12.4 Å². The number of carbonyl (C=O) groups excluding carboxylic acids is 1. The first kappa shape index (κ1) is 15.4. The number of alkyl halides is 3. The minimum atomic E-state index is -4.30. The summed E-state index contributed by atoms with van der Waals surface area (Å²) in [4.78, 5) is 19.3. The lowest BCUT2D eigenvalue weighted by molar-refractivity contribution is -0.149. The number of rotatable bonds is 4. The van der Waals surface area contributed by atoms with Crippen LogP contribution in [0.2, 0.25) is 0 Å². The molecule has 1 rings (SSSR count). The standard InChI is InChI=1S/C12H15F3N2O2/c1-4-19-10(18)11(2,3)9-16-6-8(7-17-9)5-12(13,14)15/h6-7H,4-5H2,1-3H3. The van der Waals surface area contributed by atoms with Crippen LogP contribution in [0.15, 0.2) is 12.4 Å². The van der Waals surface area contributed by atoms with E-state index < -0.39 is 24.0 Å². The quantitative estimate of drug-likeness (QED) is 0.792. The van der Waals surface area contributed by atoms with Crippen molar-refractivity contribution in [2.45, 2.75) is 38.8 Å². The Morgan fingerprint density at radius 1 is 1.26 bits per heavy atom. The molecule has 0 bridgehead atoms. The van der Waals surface area contributed by atoms with Gasteiger partial charge in [0.2, 0.25) is 0 Å². The number of nitrogens with zero attached hydrogens (tertiary/aromatic N) is 2. The molecule has 0 amide bonds. The summed E-state index contributed by atoms with van der Waals surface area (Å²) in [6.45, 7) is 5.00. The van der Waals surface area contributed by atoms with Crippen LogP contribution >= 0.6 is 0 Å².